The third-order valence-electron chi connectivity index (χ3n) is 4.89. The Morgan fingerprint density at radius 2 is 2.00 bits per heavy atom. The minimum absolute atomic E-state index is 0.00139. The van der Waals surface area contributed by atoms with E-state index in [1.54, 1.807) is 23.1 Å². The van der Waals surface area contributed by atoms with E-state index in [9.17, 15) is 13.2 Å². The van der Waals surface area contributed by atoms with Crippen molar-refractivity contribution in [2.45, 2.75) is 24.6 Å². The van der Waals surface area contributed by atoms with Crippen LogP contribution in [0.4, 0.5) is 5.69 Å². The molecule has 0 saturated carbocycles. The number of amides is 1. The van der Waals surface area contributed by atoms with Crippen molar-refractivity contribution >= 4 is 61.6 Å². The summed E-state index contributed by atoms with van der Waals surface area (Å²) >= 11 is 13.9. The lowest BCUT2D eigenvalue weighted by Gasteiger charge is -2.25. The first-order valence-electron chi connectivity index (χ1n) is 9.00. The lowest BCUT2D eigenvalue weighted by molar-refractivity contribution is -0.117. The number of halogens is 2. The van der Waals surface area contributed by atoms with Crippen molar-refractivity contribution in [3.8, 4) is 0 Å². The van der Waals surface area contributed by atoms with Crippen molar-refractivity contribution in [2.75, 3.05) is 16.4 Å². The van der Waals surface area contributed by atoms with Crippen molar-refractivity contribution in [3.05, 3.63) is 63.6 Å². The maximum Gasteiger partial charge on any atom is 0.252 e. The predicted octanol–water partition coefficient (Wildman–Crippen LogP) is 4.15. The zero-order chi connectivity index (χ0) is 20.8. The molecule has 0 aromatic heterocycles. The summed E-state index contributed by atoms with van der Waals surface area (Å²) < 4.78 is 24.3. The van der Waals surface area contributed by atoms with Crippen LogP contribution in [0.5, 0.6) is 0 Å². The van der Waals surface area contributed by atoms with E-state index in [1.807, 2.05) is 31.2 Å². The number of aryl methyl sites for hydroxylation is 1. The third kappa shape index (κ3) is 4.48. The van der Waals surface area contributed by atoms with Crippen LogP contribution in [-0.2, 0) is 21.1 Å². The van der Waals surface area contributed by atoms with Crippen LogP contribution in [-0.4, -0.2) is 42.3 Å². The monoisotopic (exact) mass is 468 g/mol. The first-order valence-corrected chi connectivity index (χ1v) is 12.5. The molecule has 0 radical (unpaired) electrons. The van der Waals surface area contributed by atoms with Crippen LogP contribution < -0.4 is 4.90 Å². The Morgan fingerprint density at radius 3 is 2.76 bits per heavy atom. The zero-order valence-electron chi connectivity index (χ0n) is 15.5. The third-order valence-corrected chi connectivity index (χ3v) is 8.66. The fourth-order valence-electron chi connectivity index (χ4n) is 3.66. The Bertz CT molecular complexity index is 1120. The van der Waals surface area contributed by atoms with Crippen LogP contribution in [0.3, 0.4) is 0 Å². The number of anilines is 1. The molecule has 2 fully saturated rings. The first kappa shape index (κ1) is 20.7. The minimum atomic E-state index is -3.15. The summed E-state index contributed by atoms with van der Waals surface area (Å²) in [5.74, 6) is -0.232. The lowest BCUT2D eigenvalue weighted by Crippen LogP contribution is -2.38. The van der Waals surface area contributed by atoms with Crippen LogP contribution in [0.15, 0.2) is 47.5 Å². The highest BCUT2D eigenvalue weighted by atomic mass is 35.5. The number of sulfone groups is 1. The smallest absolute Gasteiger partial charge is 0.252 e. The molecule has 5 nitrogen and oxygen atoms in total. The molecule has 2 atom stereocenters. The van der Waals surface area contributed by atoms with Gasteiger partial charge >= 0.3 is 0 Å². The van der Waals surface area contributed by atoms with Gasteiger partial charge in [-0.25, -0.2) is 8.42 Å². The number of nitrogens with zero attached hydrogens (tertiary/aromatic N) is 2. The number of hydrogen-bond acceptors (Lipinski definition) is 4. The molecule has 2 heterocycles. The van der Waals surface area contributed by atoms with Gasteiger partial charge in [0.15, 0.2) is 15.0 Å². The van der Waals surface area contributed by atoms with E-state index in [0.29, 0.717) is 20.9 Å². The number of hydrogen-bond donors (Lipinski definition) is 0. The topological polar surface area (TPSA) is 66.8 Å². The van der Waals surface area contributed by atoms with E-state index in [-0.39, 0.29) is 35.1 Å². The molecule has 0 unspecified atom stereocenters. The second kappa shape index (κ2) is 7.95. The Morgan fingerprint density at radius 1 is 1.21 bits per heavy atom. The number of aliphatic imine (C=N–C) groups is 1. The summed E-state index contributed by atoms with van der Waals surface area (Å²) in [4.78, 5) is 18.7. The molecule has 4 rings (SSSR count). The molecular weight excluding hydrogens is 451 g/mol. The highest BCUT2D eigenvalue weighted by Crippen LogP contribution is 2.43. The van der Waals surface area contributed by atoms with E-state index in [0.717, 1.165) is 11.1 Å². The van der Waals surface area contributed by atoms with Crippen LogP contribution in [0.25, 0.3) is 0 Å². The predicted molar refractivity (Wildman–Crippen MR) is 120 cm³/mol. The zero-order valence-corrected chi connectivity index (χ0v) is 18.7. The second-order valence-electron chi connectivity index (χ2n) is 7.22. The molecule has 0 spiro atoms. The van der Waals surface area contributed by atoms with Gasteiger partial charge in [-0.3, -0.25) is 4.79 Å². The summed E-state index contributed by atoms with van der Waals surface area (Å²) in [7, 11) is -3.15. The molecule has 1 amide bonds. The van der Waals surface area contributed by atoms with Gasteiger partial charge in [-0.05, 0) is 30.7 Å². The summed E-state index contributed by atoms with van der Waals surface area (Å²) in [6.45, 7) is 1.97. The van der Waals surface area contributed by atoms with Gasteiger partial charge in [-0.15, -0.1) is 0 Å². The Labute approximate surface area is 184 Å². The van der Waals surface area contributed by atoms with Crippen LogP contribution in [0.1, 0.15) is 11.1 Å². The molecule has 2 aliphatic rings. The number of thioether (sulfide) groups is 1. The number of amidine groups is 1. The van der Waals surface area contributed by atoms with E-state index in [2.05, 4.69) is 4.99 Å². The molecule has 0 aliphatic carbocycles. The molecule has 2 aliphatic heterocycles. The number of benzene rings is 2. The second-order valence-corrected chi connectivity index (χ2v) is 11.4. The van der Waals surface area contributed by atoms with Crippen molar-refractivity contribution in [2.24, 2.45) is 4.99 Å². The molecule has 29 heavy (non-hydrogen) atoms. The lowest BCUT2D eigenvalue weighted by atomic mass is 10.1. The van der Waals surface area contributed by atoms with Crippen molar-refractivity contribution in [1.82, 2.24) is 0 Å². The van der Waals surface area contributed by atoms with Crippen molar-refractivity contribution in [1.29, 1.82) is 0 Å². The number of carbonyl (C=O) groups excluding carboxylic acids is 1. The SMILES string of the molecule is Cc1cccc(CC(=O)N=C2S[C@@H]3CS(=O)(=O)C[C@H]3N2c2cc(Cl)ccc2Cl)c1. The molecule has 0 bridgehead atoms. The van der Waals surface area contributed by atoms with Gasteiger partial charge in [-0.2, -0.15) is 4.99 Å². The molecule has 9 heteroatoms. The molecule has 2 aromatic rings. The van der Waals surface area contributed by atoms with Crippen LogP contribution >= 0.6 is 35.0 Å². The maximum atomic E-state index is 12.7. The van der Waals surface area contributed by atoms with Gasteiger partial charge in [0.2, 0.25) is 0 Å². The van der Waals surface area contributed by atoms with E-state index in [4.69, 9.17) is 23.2 Å². The summed E-state index contributed by atoms with van der Waals surface area (Å²) in [6, 6.07) is 12.4. The highest BCUT2D eigenvalue weighted by Gasteiger charge is 2.49. The summed E-state index contributed by atoms with van der Waals surface area (Å²) in [5, 5.41) is 1.18. The Kier molecular flexibility index (Phi) is 5.68. The summed E-state index contributed by atoms with van der Waals surface area (Å²) in [5.41, 5.74) is 2.53. The average Bonchev–Trinajstić information content (AvgIpc) is 3.08. The molecular formula is C20H18Cl2N2O3S2. The van der Waals surface area contributed by atoms with Crippen LogP contribution in [0, 0.1) is 6.92 Å². The fourth-order valence-corrected chi connectivity index (χ4v) is 7.96. The summed E-state index contributed by atoms with van der Waals surface area (Å²) in [6.07, 6.45) is 0.177. The molecule has 2 aromatic carbocycles. The molecule has 0 N–H and O–H groups in total. The van der Waals surface area contributed by atoms with Crippen molar-refractivity contribution < 1.29 is 13.2 Å². The minimum Gasteiger partial charge on any atom is -0.314 e. The molecule has 2 saturated heterocycles. The Balaban J connectivity index is 1.68. The van der Waals surface area contributed by atoms with Crippen LogP contribution in [0.2, 0.25) is 10.0 Å². The van der Waals surface area contributed by atoms with Crippen molar-refractivity contribution in [3.63, 3.8) is 0 Å². The van der Waals surface area contributed by atoms with E-state index < -0.39 is 9.84 Å². The average molecular weight is 469 g/mol. The number of rotatable bonds is 3. The number of carbonyl (C=O) groups is 1. The van der Waals surface area contributed by atoms with E-state index in [1.165, 1.54) is 11.8 Å². The van der Waals surface area contributed by atoms with Gasteiger partial charge in [0.25, 0.3) is 5.91 Å². The maximum absolute atomic E-state index is 12.7. The first-order chi connectivity index (χ1) is 13.7. The fraction of sp³-hybridized carbons (Fsp3) is 0.300. The Hall–Kier alpha value is -1.54. The number of fused-ring (bicyclic) bond motifs is 1. The standard InChI is InChI=1S/C20H18Cl2N2O3S2/c1-12-3-2-4-13(7-12)8-19(25)23-20-24(16-9-14(21)5-6-15(16)22)17-10-29(26,27)11-18(17)28-20/h2-7,9,17-18H,8,10-11H2,1H3/t17-,18-/m1/s1. The largest absolute Gasteiger partial charge is 0.314 e. The van der Waals surface area contributed by atoms with Gasteiger partial charge < -0.3 is 4.90 Å². The van der Waals surface area contributed by atoms with Gasteiger partial charge in [0.05, 0.1) is 34.7 Å². The quantitative estimate of drug-likeness (QED) is 0.676. The normalized spacial score (nSPS) is 24.1. The molecule has 152 valence electrons. The highest BCUT2D eigenvalue weighted by molar-refractivity contribution is 8.16. The van der Waals surface area contributed by atoms with Gasteiger partial charge in [-0.1, -0.05) is 64.8 Å². The van der Waals surface area contributed by atoms with E-state index >= 15 is 0 Å². The van der Waals surface area contributed by atoms with Gasteiger partial charge in [0, 0.05) is 10.3 Å². The van der Waals surface area contributed by atoms with Gasteiger partial charge in [0.1, 0.15) is 0 Å².